The highest BCUT2D eigenvalue weighted by molar-refractivity contribution is 6.12. The number of aromatic nitrogens is 1. The number of carbonyl (C=O) groups excluding carboxylic acids is 3. The van der Waals surface area contributed by atoms with E-state index in [0.717, 1.165) is 0 Å². The number of rotatable bonds is 4. The number of fused-ring (bicyclic) bond motifs is 2. The normalized spacial score (nSPS) is 24.8. The first-order chi connectivity index (χ1) is 14.4. The SMILES string of the molecule is COC(=O)[C@H]1C[C@H](CC(C)C)N(C(=O)c2ccccn2)[C@@]12C(=O)Nc1ccccc12. The molecule has 1 N–H and O–H groups in total. The number of ether oxygens (including phenoxy) is 1. The Hall–Kier alpha value is -3.22. The first-order valence-electron chi connectivity index (χ1n) is 10.1. The van der Waals surface area contributed by atoms with Gasteiger partial charge in [0.05, 0.1) is 13.0 Å². The molecule has 4 rings (SSSR count). The fourth-order valence-corrected chi connectivity index (χ4v) is 4.95. The molecule has 2 aliphatic heterocycles. The van der Waals surface area contributed by atoms with Crippen LogP contribution in [0.15, 0.2) is 48.7 Å². The van der Waals surface area contributed by atoms with Gasteiger partial charge >= 0.3 is 5.97 Å². The third kappa shape index (κ3) is 2.88. The van der Waals surface area contributed by atoms with Crippen LogP contribution >= 0.6 is 0 Å². The Morgan fingerprint density at radius 3 is 2.63 bits per heavy atom. The van der Waals surface area contributed by atoms with Gasteiger partial charge in [-0.1, -0.05) is 38.1 Å². The second kappa shape index (κ2) is 7.55. The average molecular weight is 407 g/mol. The van der Waals surface area contributed by atoms with Gasteiger partial charge < -0.3 is 15.0 Å². The van der Waals surface area contributed by atoms with Gasteiger partial charge in [0.1, 0.15) is 5.69 Å². The van der Waals surface area contributed by atoms with E-state index < -0.39 is 17.4 Å². The number of amides is 2. The first kappa shape index (κ1) is 20.1. The number of pyridine rings is 1. The maximum atomic E-state index is 13.7. The molecule has 2 aliphatic rings. The van der Waals surface area contributed by atoms with Crippen molar-refractivity contribution in [1.82, 2.24) is 9.88 Å². The Morgan fingerprint density at radius 2 is 1.97 bits per heavy atom. The second-order valence-corrected chi connectivity index (χ2v) is 8.25. The van der Waals surface area contributed by atoms with Crippen molar-refractivity contribution in [2.45, 2.75) is 38.3 Å². The molecular formula is C23H25N3O4. The van der Waals surface area contributed by atoms with Crippen LogP contribution in [0.4, 0.5) is 5.69 Å². The van der Waals surface area contributed by atoms with Crippen LogP contribution < -0.4 is 5.32 Å². The summed E-state index contributed by atoms with van der Waals surface area (Å²) in [6.45, 7) is 4.12. The highest BCUT2D eigenvalue weighted by Crippen LogP contribution is 2.54. The summed E-state index contributed by atoms with van der Waals surface area (Å²) in [5.41, 5.74) is 0.0207. The van der Waals surface area contributed by atoms with Crippen molar-refractivity contribution < 1.29 is 19.1 Å². The van der Waals surface area contributed by atoms with E-state index in [-0.39, 0.29) is 29.5 Å². The number of anilines is 1. The van der Waals surface area contributed by atoms with Gasteiger partial charge in [-0.2, -0.15) is 0 Å². The molecule has 2 aromatic rings. The third-order valence-electron chi connectivity index (χ3n) is 6.02. The summed E-state index contributed by atoms with van der Waals surface area (Å²) in [6, 6.07) is 12.0. The number of likely N-dealkylation sites (tertiary alicyclic amines) is 1. The van der Waals surface area contributed by atoms with Crippen LogP contribution in [0, 0.1) is 11.8 Å². The fraction of sp³-hybridized carbons (Fsp3) is 0.391. The van der Waals surface area contributed by atoms with Gasteiger partial charge in [-0.3, -0.25) is 19.4 Å². The minimum atomic E-state index is -1.46. The average Bonchev–Trinajstić information content (AvgIpc) is 3.23. The second-order valence-electron chi connectivity index (χ2n) is 8.25. The molecule has 1 aromatic heterocycles. The zero-order valence-electron chi connectivity index (χ0n) is 17.3. The quantitative estimate of drug-likeness (QED) is 0.787. The highest BCUT2D eigenvalue weighted by atomic mass is 16.5. The molecule has 30 heavy (non-hydrogen) atoms. The summed E-state index contributed by atoms with van der Waals surface area (Å²) in [5.74, 6) is -1.77. The lowest BCUT2D eigenvalue weighted by Crippen LogP contribution is -2.56. The van der Waals surface area contributed by atoms with Gasteiger partial charge in [-0.15, -0.1) is 0 Å². The van der Waals surface area contributed by atoms with E-state index in [0.29, 0.717) is 24.1 Å². The molecule has 0 saturated carbocycles. The number of nitrogens with zero attached hydrogens (tertiary/aromatic N) is 2. The molecule has 1 saturated heterocycles. The number of hydrogen-bond donors (Lipinski definition) is 1. The van der Waals surface area contributed by atoms with E-state index >= 15 is 0 Å². The zero-order valence-corrected chi connectivity index (χ0v) is 17.3. The number of nitrogens with one attached hydrogen (secondary N) is 1. The maximum absolute atomic E-state index is 13.7. The van der Waals surface area contributed by atoms with Crippen molar-refractivity contribution in [2.75, 3.05) is 12.4 Å². The zero-order chi connectivity index (χ0) is 21.5. The van der Waals surface area contributed by atoms with E-state index in [1.165, 1.54) is 7.11 Å². The molecular weight excluding hydrogens is 382 g/mol. The van der Waals surface area contributed by atoms with Gasteiger partial charge in [0, 0.05) is 23.5 Å². The van der Waals surface area contributed by atoms with Crippen LogP contribution in [-0.2, 0) is 19.9 Å². The number of esters is 1. The summed E-state index contributed by atoms with van der Waals surface area (Å²) < 4.78 is 5.10. The molecule has 156 valence electrons. The summed E-state index contributed by atoms with van der Waals surface area (Å²) >= 11 is 0. The van der Waals surface area contributed by atoms with E-state index in [9.17, 15) is 14.4 Å². The minimum absolute atomic E-state index is 0.244. The Morgan fingerprint density at radius 1 is 1.23 bits per heavy atom. The van der Waals surface area contributed by atoms with E-state index in [2.05, 4.69) is 24.1 Å². The predicted molar refractivity (Wildman–Crippen MR) is 111 cm³/mol. The molecule has 1 aromatic carbocycles. The molecule has 7 heteroatoms. The first-order valence-corrected chi connectivity index (χ1v) is 10.1. The van der Waals surface area contributed by atoms with Gasteiger partial charge in [0.15, 0.2) is 5.54 Å². The minimum Gasteiger partial charge on any atom is -0.469 e. The third-order valence-corrected chi connectivity index (χ3v) is 6.02. The van der Waals surface area contributed by atoms with Crippen molar-refractivity contribution >= 4 is 23.5 Å². The number of methoxy groups -OCH3 is 1. The standard InChI is InChI=1S/C23H25N3O4/c1-14(2)12-15-13-17(21(28)30-3)23(16-8-4-5-9-18(16)25-22(23)29)26(15)20(27)19-10-6-7-11-24-19/h4-11,14-15,17H,12-13H2,1-3H3,(H,25,29)/t15-,17+,23+/m0/s1. The van der Waals surface area contributed by atoms with Gasteiger partial charge in [-0.25, -0.2) is 0 Å². The Balaban J connectivity index is 1.95. The maximum Gasteiger partial charge on any atom is 0.312 e. The monoisotopic (exact) mass is 407 g/mol. The van der Waals surface area contributed by atoms with Crippen molar-refractivity contribution in [3.63, 3.8) is 0 Å². The fourth-order valence-electron chi connectivity index (χ4n) is 4.95. The van der Waals surface area contributed by atoms with Gasteiger partial charge in [-0.05, 0) is 37.0 Å². The largest absolute Gasteiger partial charge is 0.469 e. The van der Waals surface area contributed by atoms with Crippen molar-refractivity contribution in [3.8, 4) is 0 Å². The number of carbonyl (C=O) groups is 3. The van der Waals surface area contributed by atoms with E-state index in [1.807, 2.05) is 12.1 Å². The van der Waals surface area contributed by atoms with Gasteiger partial charge in [0.2, 0.25) is 0 Å². The molecule has 0 radical (unpaired) electrons. The molecule has 0 aliphatic carbocycles. The molecule has 3 atom stereocenters. The van der Waals surface area contributed by atoms with E-state index in [1.54, 1.807) is 41.4 Å². The van der Waals surface area contributed by atoms with Crippen LogP contribution in [0.2, 0.25) is 0 Å². The molecule has 7 nitrogen and oxygen atoms in total. The predicted octanol–water partition coefficient (Wildman–Crippen LogP) is 2.98. The smallest absolute Gasteiger partial charge is 0.312 e. The number of hydrogen-bond acceptors (Lipinski definition) is 5. The van der Waals surface area contributed by atoms with Crippen molar-refractivity contribution in [3.05, 3.63) is 59.9 Å². The van der Waals surface area contributed by atoms with E-state index in [4.69, 9.17) is 4.74 Å². The summed E-state index contributed by atoms with van der Waals surface area (Å²) in [5, 5.41) is 2.89. The molecule has 1 spiro atoms. The Bertz CT molecular complexity index is 991. The topological polar surface area (TPSA) is 88.6 Å². The van der Waals surface area contributed by atoms with Crippen molar-refractivity contribution in [2.24, 2.45) is 11.8 Å². The molecule has 0 bridgehead atoms. The Labute approximate surface area is 175 Å². The van der Waals surface area contributed by atoms with Crippen molar-refractivity contribution in [1.29, 1.82) is 0 Å². The lowest BCUT2D eigenvalue weighted by atomic mass is 9.79. The van der Waals surface area contributed by atoms with Crippen LogP contribution in [0.25, 0.3) is 0 Å². The molecule has 0 unspecified atom stereocenters. The van der Waals surface area contributed by atoms with Crippen LogP contribution in [0.1, 0.15) is 42.7 Å². The molecule has 3 heterocycles. The van der Waals surface area contributed by atoms with Crippen LogP contribution in [0.5, 0.6) is 0 Å². The highest BCUT2D eigenvalue weighted by Gasteiger charge is 2.66. The summed E-state index contributed by atoms with van der Waals surface area (Å²) in [4.78, 5) is 46.0. The summed E-state index contributed by atoms with van der Waals surface area (Å²) in [6.07, 6.45) is 2.56. The lowest BCUT2D eigenvalue weighted by Gasteiger charge is -2.39. The summed E-state index contributed by atoms with van der Waals surface area (Å²) in [7, 11) is 1.31. The van der Waals surface area contributed by atoms with Crippen LogP contribution in [0.3, 0.4) is 0 Å². The molecule has 2 amide bonds. The molecule has 1 fully saturated rings. The van der Waals surface area contributed by atoms with Gasteiger partial charge in [0.25, 0.3) is 11.8 Å². The van der Waals surface area contributed by atoms with Crippen LogP contribution in [-0.4, -0.2) is 40.8 Å². The number of para-hydroxylation sites is 1. The Kier molecular flexibility index (Phi) is 5.05. The lowest BCUT2D eigenvalue weighted by molar-refractivity contribution is -0.151. The number of benzene rings is 1.